The number of rotatable bonds is 2. The zero-order valence-electron chi connectivity index (χ0n) is 13.0. The van der Waals surface area contributed by atoms with Gasteiger partial charge in [0.15, 0.2) is 0 Å². The molecular formula is C17H21N3O2. The average molecular weight is 299 g/mol. The summed E-state index contributed by atoms with van der Waals surface area (Å²) in [5, 5.41) is 0.948. The minimum Gasteiger partial charge on any atom is -0.369 e. The number of piperidine rings is 1. The molecule has 1 aliphatic heterocycles. The molecule has 2 atom stereocenters. The molecule has 0 radical (unpaired) electrons. The Hall–Kier alpha value is -2.30. The zero-order chi connectivity index (χ0) is 15.9. The van der Waals surface area contributed by atoms with Crippen LogP contribution in [0, 0.1) is 5.92 Å². The lowest BCUT2D eigenvalue weighted by atomic mass is 9.92. The summed E-state index contributed by atoms with van der Waals surface area (Å²) in [5.74, 6) is -0.576. The van der Waals surface area contributed by atoms with E-state index in [2.05, 4.69) is 0 Å². The second-order valence-electron chi connectivity index (χ2n) is 6.15. The molecule has 1 aromatic heterocycles. The van der Waals surface area contributed by atoms with Gasteiger partial charge in [-0.3, -0.25) is 9.59 Å². The van der Waals surface area contributed by atoms with Crippen LogP contribution in [0.5, 0.6) is 0 Å². The first-order valence-electron chi connectivity index (χ1n) is 7.63. The van der Waals surface area contributed by atoms with Crippen molar-refractivity contribution in [1.29, 1.82) is 0 Å². The van der Waals surface area contributed by atoms with Crippen molar-refractivity contribution in [2.24, 2.45) is 18.7 Å². The van der Waals surface area contributed by atoms with E-state index in [0.717, 1.165) is 23.7 Å². The largest absolute Gasteiger partial charge is 0.369 e. The van der Waals surface area contributed by atoms with Gasteiger partial charge < -0.3 is 15.2 Å². The number of nitrogens with zero attached hydrogens (tertiary/aromatic N) is 2. The number of likely N-dealkylation sites (tertiary alicyclic amines) is 1. The number of carbonyl (C=O) groups is 2. The maximum Gasteiger partial charge on any atom is 0.256 e. The maximum absolute atomic E-state index is 13.0. The quantitative estimate of drug-likeness (QED) is 0.920. The molecule has 0 aliphatic carbocycles. The van der Waals surface area contributed by atoms with Crippen molar-refractivity contribution >= 4 is 22.7 Å². The first-order chi connectivity index (χ1) is 10.5. The molecule has 1 aromatic carbocycles. The fourth-order valence-electron chi connectivity index (χ4n) is 3.29. The van der Waals surface area contributed by atoms with E-state index in [9.17, 15) is 9.59 Å². The molecule has 5 nitrogen and oxygen atoms in total. The number of benzene rings is 1. The minimum atomic E-state index is -0.317. The van der Waals surface area contributed by atoms with Crippen LogP contribution in [0.4, 0.5) is 0 Å². The highest BCUT2D eigenvalue weighted by Crippen LogP contribution is 2.27. The van der Waals surface area contributed by atoms with Gasteiger partial charge in [0.1, 0.15) is 0 Å². The van der Waals surface area contributed by atoms with Crippen LogP contribution in [0.2, 0.25) is 0 Å². The van der Waals surface area contributed by atoms with Crippen molar-refractivity contribution in [3.05, 3.63) is 36.0 Å². The standard InChI is InChI=1S/C17H21N3O2/c1-11-7-8-12(16(18)21)9-20(11)17(22)14-10-19(2)15-6-4-3-5-13(14)15/h3-6,10-12H,7-9H2,1-2H3,(H2,18,21)/t11-,12+/m0/s1. The van der Waals surface area contributed by atoms with Gasteiger partial charge in [0.05, 0.1) is 11.5 Å². The third-order valence-corrected chi connectivity index (χ3v) is 4.67. The fourth-order valence-corrected chi connectivity index (χ4v) is 3.29. The second kappa shape index (κ2) is 5.48. The molecule has 0 spiro atoms. The van der Waals surface area contributed by atoms with Gasteiger partial charge in [-0.15, -0.1) is 0 Å². The zero-order valence-corrected chi connectivity index (χ0v) is 13.0. The van der Waals surface area contributed by atoms with Crippen LogP contribution < -0.4 is 5.73 Å². The molecule has 0 unspecified atom stereocenters. The van der Waals surface area contributed by atoms with E-state index in [1.54, 1.807) is 4.90 Å². The first-order valence-corrected chi connectivity index (χ1v) is 7.63. The molecule has 1 fully saturated rings. The van der Waals surface area contributed by atoms with Gasteiger partial charge in [0.2, 0.25) is 5.91 Å². The van der Waals surface area contributed by atoms with Gasteiger partial charge in [0, 0.05) is 36.7 Å². The Morgan fingerprint density at radius 2 is 1.95 bits per heavy atom. The van der Waals surface area contributed by atoms with Crippen molar-refractivity contribution in [2.45, 2.75) is 25.8 Å². The topological polar surface area (TPSA) is 68.3 Å². The summed E-state index contributed by atoms with van der Waals surface area (Å²) in [6.07, 6.45) is 3.44. The van der Waals surface area contributed by atoms with Crippen LogP contribution >= 0.6 is 0 Å². The molecule has 2 aromatic rings. The maximum atomic E-state index is 13.0. The third-order valence-electron chi connectivity index (χ3n) is 4.67. The van der Waals surface area contributed by atoms with Crippen molar-refractivity contribution in [3.8, 4) is 0 Å². The van der Waals surface area contributed by atoms with Gasteiger partial charge in [0.25, 0.3) is 5.91 Å². The van der Waals surface area contributed by atoms with E-state index in [0.29, 0.717) is 12.1 Å². The van der Waals surface area contributed by atoms with Crippen LogP contribution in [0.25, 0.3) is 10.9 Å². The summed E-state index contributed by atoms with van der Waals surface area (Å²) in [7, 11) is 1.94. The van der Waals surface area contributed by atoms with Crippen LogP contribution in [0.1, 0.15) is 30.1 Å². The highest BCUT2D eigenvalue weighted by atomic mass is 16.2. The monoisotopic (exact) mass is 299 g/mol. The fraction of sp³-hybridized carbons (Fsp3) is 0.412. The number of carbonyl (C=O) groups excluding carboxylic acids is 2. The number of aromatic nitrogens is 1. The molecule has 116 valence electrons. The molecule has 5 heteroatoms. The predicted octanol–water partition coefficient (Wildman–Crippen LogP) is 1.90. The summed E-state index contributed by atoms with van der Waals surface area (Å²) in [5.41, 5.74) is 7.15. The molecule has 3 rings (SSSR count). The van der Waals surface area contributed by atoms with Crippen LogP contribution in [-0.2, 0) is 11.8 Å². The van der Waals surface area contributed by atoms with Crippen LogP contribution in [0.3, 0.4) is 0 Å². The summed E-state index contributed by atoms with van der Waals surface area (Å²) >= 11 is 0. The van der Waals surface area contributed by atoms with E-state index in [-0.39, 0.29) is 23.8 Å². The van der Waals surface area contributed by atoms with Gasteiger partial charge >= 0.3 is 0 Å². The number of primary amides is 1. The van der Waals surface area contributed by atoms with E-state index in [1.165, 1.54) is 0 Å². The van der Waals surface area contributed by atoms with Crippen molar-refractivity contribution in [3.63, 3.8) is 0 Å². The Labute approximate surface area is 129 Å². The number of aryl methyl sites for hydroxylation is 1. The molecule has 2 heterocycles. The smallest absolute Gasteiger partial charge is 0.256 e. The van der Waals surface area contributed by atoms with Gasteiger partial charge in [-0.25, -0.2) is 0 Å². The number of amides is 2. The number of para-hydroxylation sites is 1. The number of hydrogen-bond acceptors (Lipinski definition) is 2. The number of nitrogens with two attached hydrogens (primary N) is 1. The first kappa shape index (κ1) is 14.6. The molecule has 2 amide bonds. The van der Waals surface area contributed by atoms with Crippen LogP contribution in [-0.4, -0.2) is 33.9 Å². The second-order valence-corrected chi connectivity index (χ2v) is 6.15. The lowest BCUT2D eigenvalue weighted by molar-refractivity contribution is -0.123. The van der Waals surface area contributed by atoms with Gasteiger partial charge in [-0.05, 0) is 25.8 Å². The SMILES string of the molecule is C[C@H]1CC[C@@H](C(N)=O)CN1C(=O)c1cn(C)c2ccccc12. The van der Waals surface area contributed by atoms with E-state index in [4.69, 9.17) is 5.73 Å². The Bertz CT molecular complexity index is 735. The number of hydrogen-bond donors (Lipinski definition) is 1. The minimum absolute atomic E-state index is 0.0183. The highest BCUT2D eigenvalue weighted by molar-refractivity contribution is 6.07. The molecule has 0 saturated carbocycles. The van der Waals surface area contributed by atoms with Crippen molar-refractivity contribution in [2.75, 3.05) is 6.54 Å². The summed E-state index contributed by atoms with van der Waals surface area (Å²) < 4.78 is 1.96. The van der Waals surface area contributed by atoms with Gasteiger partial charge in [-0.2, -0.15) is 0 Å². The highest BCUT2D eigenvalue weighted by Gasteiger charge is 2.33. The Balaban J connectivity index is 1.96. The van der Waals surface area contributed by atoms with E-state index >= 15 is 0 Å². The van der Waals surface area contributed by atoms with Crippen LogP contribution in [0.15, 0.2) is 30.5 Å². The molecule has 22 heavy (non-hydrogen) atoms. The molecule has 1 aliphatic rings. The van der Waals surface area contributed by atoms with Crippen molar-refractivity contribution in [1.82, 2.24) is 9.47 Å². The normalized spacial score (nSPS) is 22.0. The number of fused-ring (bicyclic) bond motifs is 1. The van der Waals surface area contributed by atoms with E-state index < -0.39 is 0 Å². The molecule has 0 bridgehead atoms. The summed E-state index contributed by atoms with van der Waals surface area (Å²) in [6, 6.07) is 7.98. The van der Waals surface area contributed by atoms with E-state index in [1.807, 2.05) is 49.0 Å². The Morgan fingerprint density at radius 3 is 2.68 bits per heavy atom. The Morgan fingerprint density at radius 1 is 1.23 bits per heavy atom. The summed E-state index contributed by atoms with van der Waals surface area (Å²) in [4.78, 5) is 26.2. The Kier molecular flexibility index (Phi) is 3.64. The lowest BCUT2D eigenvalue weighted by Crippen LogP contribution is -2.48. The van der Waals surface area contributed by atoms with Crippen molar-refractivity contribution < 1.29 is 9.59 Å². The third kappa shape index (κ3) is 2.36. The summed E-state index contributed by atoms with van der Waals surface area (Å²) in [6.45, 7) is 2.44. The lowest BCUT2D eigenvalue weighted by Gasteiger charge is -2.36. The molecule has 1 saturated heterocycles. The van der Waals surface area contributed by atoms with Gasteiger partial charge in [-0.1, -0.05) is 18.2 Å². The average Bonchev–Trinajstić information content (AvgIpc) is 2.84. The predicted molar refractivity (Wildman–Crippen MR) is 85.3 cm³/mol. The molecular weight excluding hydrogens is 278 g/mol. The molecule has 2 N–H and O–H groups in total.